The summed E-state index contributed by atoms with van der Waals surface area (Å²) in [7, 11) is -0.855. The molecule has 2 N–H and O–H groups in total. The lowest BCUT2D eigenvalue weighted by Gasteiger charge is -2.32. The van der Waals surface area contributed by atoms with Gasteiger partial charge in [-0.05, 0) is 50.9 Å². The zero-order valence-electron chi connectivity index (χ0n) is 14.0. The number of benzene rings is 1. The Bertz CT molecular complexity index is 640. The van der Waals surface area contributed by atoms with Gasteiger partial charge in [0.25, 0.3) is 0 Å². The van der Waals surface area contributed by atoms with Crippen LogP contribution in [0.3, 0.4) is 0 Å². The molecule has 0 atom stereocenters. The molecule has 24 heavy (non-hydrogen) atoms. The molecule has 1 aliphatic heterocycles. The summed E-state index contributed by atoms with van der Waals surface area (Å²) in [6.07, 6.45) is -3.42. The molecule has 1 aromatic carbocycles. The molecule has 0 saturated carbocycles. The number of halogens is 4. The Morgan fingerprint density at radius 2 is 1.71 bits per heavy atom. The maximum Gasteiger partial charge on any atom is 0.491 e. The fourth-order valence-electron chi connectivity index (χ4n) is 2.32. The van der Waals surface area contributed by atoms with E-state index >= 15 is 0 Å². The number of rotatable bonds is 3. The van der Waals surface area contributed by atoms with Crippen molar-refractivity contribution in [2.75, 3.05) is 6.54 Å². The van der Waals surface area contributed by atoms with Gasteiger partial charge in [-0.3, -0.25) is 0 Å². The summed E-state index contributed by atoms with van der Waals surface area (Å²) >= 11 is 0. The predicted octanol–water partition coefficient (Wildman–Crippen LogP) is 3.82. The molecule has 8 heteroatoms. The third kappa shape index (κ3) is 3.65. The highest BCUT2D eigenvalue weighted by molar-refractivity contribution is 6.55. The van der Waals surface area contributed by atoms with Crippen molar-refractivity contribution in [1.82, 2.24) is 0 Å². The summed E-state index contributed by atoms with van der Waals surface area (Å²) < 4.78 is 64.2. The molecule has 0 aliphatic carbocycles. The number of hydrogen-bond acceptors (Lipinski definition) is 3. The molecule has 0 unspecified atom stereocenters. The monoisotopic (exact) mass is 345 g/mol. The van der Waals surface area contributed by atoms with Crippen LogP contribution < -0.4 is 5.73 Å². The molecule has 1 heterocycles. The summed E-state index contributed by atoms with van der Waals surface area (Å²) in [6, 6.07) is 2.50. The van der Waals surface area contributed by atoms with Crippen molar-refractivity contribution < 1.29 is 26.9 Å². The normalized spacial score (nSPS) is 20.5. The van der Waals surface area contributed by atoms with Gasteiger partial charge in [-0.15, -0.1) is 0 Å². The maximum atomic E-state index is 13.2. The van der Waals surface area contributed by atoms with Gasteiger partial charge in [0, 0.05) is 6.54 Å². The van der Waals surface area contributed by atoms with Crippen LogP contribution in [0.2, 0.25) is 0 Å². The summed E-state index contributed by atoms with van der Waals surface area (Å²) in [4.78, 5) is 0. The Morgan fingerprint density at radius 1 is 1.17 bits per heavy atom. The number of hydrogen-bond donors (Lipinski definition) is 1. The second kappa shape index (κ2) is 6.17. The van der Waals surface area contributed by atoms with Crippen LogP contribution in [0.15, 0.2) is 23.7 Å². The zero-order valence-corrected chi connectivity index (χ0v) is 14.0. The SMILES string of the molecule is CC1(C)OB(C(=Cc2ccc(F)cc2C(F)(F)F)CN)OC1(C)C. The summed E-state index contributed by atoms with van der Waals surface area (Å²) in [5.74, 6) is -0.954. The highest BCUT2D eigenvalue weighted by atomic mass is 19.4. The van der Waals surface area contributed by atoms with E-state index in [-0.39, 0.29) is 12.1 Å². The van der Waals surface area contributed by atoms with Gasteiger partial charge in [0.15, 0.2) is 0 Å². The van der Waals surface area contributed by atoms with Crippen LogP contribution in [0, 0.1) is 5.82 Å². The Morgan fingerprint density at radius 3 is 2.17 bits per heavy atom. The lowest BCUT2D eigenvalue weighted by Crippen LogP contribution is -2.41. The lowest BCUT2D eigenvalue weighted by molar-refractivity contribution is -0.137. The van der Waals surface area contributed by atoms with Gasteiger partial charge in [0.1, 0.15) is 5.82 Å². The zero-order chi connectivity index (χ0) is 18.3. The third-order valence-corrected chi connectivity index (χ3v) is 4.45. The number of alkyl halides is 3. The molecule has 3 nitrogen and oxygen atoms in total. The van der Waals surface area contributed by atoms with Crippen molar-refractivity contribution >= 4 is 13.2 Å². The van der Waals surface area contributed by atoms with Gasteiger partial charge < -0.3 is 15.0 Å². The van der Waals surface area contributed by atoms with Crippen LogP contribution in [0.5, 0.6) is 0 Å². The molecule has 0 spiro atoms. The van der Waals surface area contributed by atoms with Crippen LogP contribution >= 0.6 is 0 Å². The standard InChI is InChI=1S/C16H20BF4NO2/c1-14(2)15(3,4)24-17(23-14)11(9-22)7-10-5-6-12(18)8-13(10)16(19,20)21/h5-8H,9,22H2,1-4H3. The van der Waals surface area contributed by atoms with E-state index in [4.69, 9.17) is 15.0 Å². The van der Waals surface area contributed by atoms with Crippen molar-refractivity contribution in [3.63, 3.8) is 0 Å². The van der Waals surface area contributed by atoms with Gasteiger partial charge in [-0.25, -0.2) is 4.39 Å². The van der Waals surface area contributed by atoms with Gasteiger partial charge in [-0.2, -0.15) is 13.2 Å². The first-order valence-corrected chi connectivity index (χ1v) is 7.50. The summed E-state index contributed by atoms with van der Waals surface area (Å²) in [5, 5.41) is 0. The van der Waals surface area contributed by atoms with Crippen LogP contribution in [-0.2, 0) is 15.5 Å². The van der Waals surface area contributed by atoms with E-state index < -0.39 is 35.9 Å². The second-order valence-corrected chi connectivity index (χ2v) is 6.74. The maximum absolute atomic E-state index is 13.2. The molecule has 0 amide bonds. The van der Waals surface area contributed by atoms with E-state index in [2.05, 4.69) is 0 Å². The largest absolute Gasteiger partial charge is 0.491 e. The molecule has 1 aromatic rings. The third-order valence-electron chi connectivity index (χ3n) is 4.45. The quantitative estimate of drug-likeness (QED) is 0.669. The molecular formula is C16H20BF4NO2. The highest BCUT2D eigenvalue weighted by Crippen LogP contribution is 2.39. The van der Waals surface area contributed by atoms with Crippen LogP contribution in [0.4, 0.5) is 17.6 Å². The lowest BCUT2D eigenvalue weighted by atomic mass is 9.77. The van der Waals surface area contributed by atoms with Crippen molar-refractivity contribution in [3.8, 4) is 0 Å². The molecule has 2 rings (SSSR count). The smallest absolute Gasteiger partial charge is 0.400 e. The minimum absolute atomic E-state index is 0.0501. The van der Waals surface area contributed by atoms with E-state index in [1.807, 2.05) is 27.7 Å². The predicted molar refractivity (Wildman–Crippen MR) is 84.5 cm³/mol. The van der Waals surface area contributed by atoms with Crippen molar-refractivity contribution in [2.24, 2.45) is 5.73 Å². The van der Waals surface area contributed by atoms with Crippen molar-refractivity contribution in [3.05, 3.63) is 40.6 Å². The van der Waals surface area contributed by atoms with E-state index in [0.717, 1.165) is 12.1 Å². The minimum atomic E-state index is -4.68. The van der Waals surface area contributed by atoms with Gasteiger partial charge in [0.2, 0.25) is 0 Å². The van der Waals surface area contributed by atoms with Gasteiger partial charge >= 0.3 is 13.3 Å². The Hall–Kier alpha value is -1.38. The molecule has 1 fully saturated rings. The molecular weight excluding hydrogens is 325 g/mol. The van der Waals surface area contributed by atoms with Gasteiger partial charge in [0.05, 0.1) is 16.8 Å². The average molecular weight is 345 g/mol. The molecule has 1 aliphatic rings. The Balaban J connectivity index is 2.43. The number of nitrogens with two attached hydrogens (primary N) is 1. The first-order valence-electron chi connectivity index (χ1n) is 7.50. The van der Waals surface area contributed by atoms with Crippen LogP contribution in [0.1, 0.15) is 38.8 Å². The Labute approximate surface area is 139 Å². The first kappa shape index (κ1) is 19.0. The van der Waals surface area contributed by atoms with E-state index in [9.17, 15) is 17.6 Å². The second-order valence-electron chi connectivity index (χ2n) is 6.74. The van der Waals surface area contributed by atoms with Crippen LogP contribution in [-0.4, -0.2) is 24.9 Å². The van der Waals surface area contributed by atoms with Gasteiger partial charge in [-0.1, -0.05) is 12.1 Å². The molecule has 0 radical (unpaired) electrons. The summed E-state index contributed by atoms with van der Waals surface area (Å²) in [5.41, 5.74) is 3.51. The topological polar surface area (TPSA) is 44.5 Å². The minimum Gasteiger partial charge on any atom is -0.400 e. The fraction of sp³-hybridized carbons (Fsp3) is 0.500. The fourth-order valence-corrected chi connectivity index (χ4v) is 2.32. The van der Waals surface area contributed by atoms with E-state index in [1.54, 1.807) is 0 Å². The van der Waals surface area contributed by atoms with E-state index in [1.165, 1.54) is 6.08 Å². The molecule has 0 aromatic heterocycles. The summed E-state index contributed by atoms with van der Waals surface area (Å²) in [6.45, 7) is 7.28. The first-order chi connectivity index (χ1) is 10.9. The van der Waals surface area contributed by atoms with E-state index in [0.29, 0.717) is 11.5 Å². The average Bonchev–Trinajstić information content (AvgIpc) is 2.64. The Kier molecular flexibility index (Phi) is 4.87. The molecule has 1 saturated heterocycles. The highest BCUT2D eigenvalue weighted by Gasteiger charge is 2.52. The van der Waals surface area contributed by atoms with Crippen LogP contribution in [0.25, 0.3) is 6.08 Å². The van der Waals surface area contributed by atoms with Crippen molar-refractivity contribution in [1.29, 1.82) is 0 Å². The molecule has 0 bridgehead atoms. The molecule has 132 valence electrons. The van der Waals surface area contributed by atoms with Crippen molar-refractivity contribution in [2.45, 2.75) is 45.1 Å².